The van der Waals surface area contributed by atoms with Crippen molar-refractivity contribution in [3.63, 3.8) is 0 Å². The standard InChI is InChI=1S/C29H40N8O4/c1-9-40-28-20-10-11-22-21-12-23(30-17(3)27(21)32-31-22)26-24(15-39-8)33-36(7)29(26)41-19(5)18(4)35(6)13-25(20)37(34-28)16(2)14-38/h10-12,16,18-19,38H,9,13-15H2,1-8H3,(H,31,32)/b11-10+/t16?,18?,19-/m1/s1. The molecule has 0 radical (unpaired) electrons. The summed E-state index contributed by atoms with van der Waals surface area (Å²) in [5, 5.41) is 28.2. The number of methoxy groups -OCH3 is 1. The SMILES string of the molecule is CCOc1nn(C(C)CO)c2c1/C=C/c1[nH]nc3c(C)nc(cc13)-c1c(COC)nn(C)c1O[C@H](C)C(C)N(C)C2. The lowest BCUT2D eigenvalue weighted by atomic mass is 10.1. The Morgan fingerprint density at radius 2 is 2.00 bits per heavy atom. The van der Waals surface area contributed by atoms with E-state index in [1.54, 1.807) is 11.8 Å². The smallest absolute Gasteiger partial charge is 0.240 e. The number of aliphatic hydroxyl groups excluding tert-OH is 1. The molecule has 0 spiro atoms. The summed E-state index contributed by atoms with van der Waals surface area (Å²) in [6.07, 6.45) is 3.80. The molecule has 5 rings (SSSR count). The van der Waals surface area contributed by atoms with Gasteiger partial charge in [0, 0.05) is 32.1 Å². The number of fused-ring (bicyclic) bond motifs is 4. The van der Waals surface area contributed by atoms with E-state index in [0.717, 1.165) is 50.5 Å². The third-order valence-corrected chi connectivity index (χ3v) is 7.82. The van der Waals surface area contributed by atoms with Crippen molar-refractivity contribution < 1.29 is 19.3 Å². The molecule has 5 heterocycles. The number of rotatable bonds is 6. The van der Waals surface area contributed by atoms with E-state index >= 15 is 0 Å². The molecule has 0 aliphatic carbocycles. The van der Waals surface area contributed by atoms with Crippen LogP contribution in [-0.4, -0.2) is 84.3 Å². The van der Waals surface area contributed by atoms with E-state index in [1.165, 1.54) is 0 Å². The van der Waals surface area contributed by atoms with Gasteiger partial charge in [-0.3, -0.25) is 19.7 Å². The number of pyridine rings is 1. The first kappa shape index (κ1) is 28.8. The molecule has 3 atom stereocenters. The summed E-state index contributed by atoms with van der Waals surface area (Å²) in [5.41, 5.74) is 6.50. The number of likely N-dealkylation sites (N-methyl/N-ethyl adjacent to an activating group) is 1. The van der Waals surface area contributed by atoms with Gasteiger partial charge in [-0.25, -0.2) is 4.68 Å². The van der Waals surface area contributed by atoms with Crippen molar-refractivity contribution in [1.82, 2.24) is 39.6 Å². The van der Waals surface area contributed by atoms with Crippen molar-refractivity contribution in [2.75, 3.05) is 27.4 Å². The van der Waals surface area contributed by atoms with Gasteiger partial charge < -0.3 is 19.3 Å². The minimum absolute atomic E-state index is 0.00279. The molecule has 2 unspecified atom stereocenters. The fourth-order valence-electron chi connectivity index (χ4n) is 5.28. The van der Waals surface area contributed by atoms with E-state index in [4.69, 9.17) is 29.4 Å². The van der Waals surface area contributed by atoms with E-state index in [2.05, 4.69) is 36.0 Å². The summed E-state index contributed by atoms with van der Waals surface area (Å²) in [6, 6.07) is 1.80. The van der Waals surface area contributed by atoms with Gasteiger partial charge in [-0.05, 0) is 59.9 Å². The summed E-state index contributed by atoms with van der Waals surface area (Å²) in [6.45, 7) is 11.3. The van der Waals surface area contributed by atoms with E-state index in [0.29, 0.717) is 31.5 Å². The van der Waals surface area contributed by atoms with E-state index in [1.807, 2.05) is 50.7 Å². The molecule has 1 aliphatic rings. The Hall–Kier alpha value is -3.74. The van der Waals surface area contributed by atoms with Crippen LogP contribution in [0.3, 0.4) is 0 Å². The van der Waals surface area contributed by atoms with Crippen LogP contribution >= 0.6 is 0 Å². The first-order chi connectivity index (χ1) is 19.7. The van der Waals surface area contributed by atoms with E-state index < -0.39 is 0 Å². The van der Waals surface area contributed by atoms with E-state index in [9.17, 15) is 5.11 Å². The molecule has 2 bridgehead atoms. The molecule has 4 aromatic heterocycles. The number of aromatic amines is 1. The molecule has 0 fully saturated rings. The molecule has 12 heteroatoms. The van der Waals surface area contributed by atoms with Crippen molar-refractivity contribution in [2.45, 2.75) is 66.0 Å². The van der Waals surface area contributed by atoms with Gasteiger partial charge in [-0.1, -0.05) is 0 Å². The number of hydrogen-bond donors (Lipinski definition) is 2. The Balaban J connectivity index is 1.77. The number of H-pyrrole nitrogens is 1. The fourth-order valence-corrected chi connectivity index (χ4v) is 5.28. The van der Waals surface area contributed by atoms with Crippen LogP contribution in [0.5, 0.6) is 11.8 Å². The first-order valence-corrected chi connectivity index (χ1v) is 14.0. The van der Waals surface area contributed by atoms with Crippen LogP contribution in [0.1, 0.15) is 62.1 Å². The highest BCUT2D eigenvalue weighted by Crippen LogP contribution is 2.37. The van der Waals surface area contributed by atoms with Crippen molar-refractivity contribution >= 4 is 23.1 Å². The van der Waals surface area contributed by atoms with Crippen molar-refractivity contribution in [3.8, 4) is 23.0 Å². The number of aromatic nitrogens is 7. The number of aliphatic hydroxyl groups is 1. The molecule has 1 aliphatic heterocycles. The molecule has 12 nitrogen and oxygen atoms in total. The summed E-state index contributed by atoms with van der Waals surface area (Å²) >= 11 is 0. The molecule has 0 saturated heterocycles. The largest absolute Gasteiger partial charge is 0.476 e. The van der Waals surface area contributed by atoms with Gasteiger partial charge in [-0.2, -0.15) is 10.2 Å². The summed E-state index contributed by atoms with van der Waals surface area (Å²) in [5.74, 6) is 1.16. The zero-order chi connectivity index (χ0) is 29.4. The molecule has 41 heavy (non-hydrogen) atoms. The predicted octanol–water partition coefficient (Wildman–Crippen LogP) is 3.73. The summed E-state index contributed by atoms with van der Waals surface area (Å²) < 4.78 is 21.8. The van der Waals surface area contributed by atoms with Crippen LogP contribution in [0, 0.1) is 6.92 Å². The van der Waals surface area contributed by atoms with E-state index in [-0.39, 0.29) is 24.8 Å². The number of aryl methyl sites for hydroxylation is 2. The van der Waals surface area contributed by atoms with Gasteiger partial charge in [0.25, 0.3) is 0 Å². The highest BCUT2D eigenvalue weighted by molar-refractivity contribution is 5.93. The Bertz CT molecular complexity index is 1570. The Labute approximate surface area is 239 Å². The van der Waals surface area contributed by atoms with Crippen LogP contribution in [0.25, 0.3) is 34.3 Å². The molecule has 4 aromatic rings. The van der Waals surface area contributed by atoms with Gasteiger partial charge in [0.15, 0.2) is 0 Å². The molecule has 2 N–H and O–H groups in total. The Morgan fingerprint density at radius 3 is 2.71 bits per heavy atom. The van der Waals surface area contributed by atoms with Crippen LogP contribution in [0.4, 0.5) is 0 Å². The predicted molar refractivity (Wildman–Crippen MR) is 157 cm³/mol. The minimum Gasteiger partial charge on any atom is -0.476 e. The maximum Gasteiger partial charge on any atom is 0.240 e. The lowest BCUT2D eigenvalue weighted by Crippen LogP contribution is -2.41. The quantitative estimate of drug-likeness (QED) is 0.360. The summed E-state index contributed by atoms with van der Waals surface area (Å²) in [4.78, 5) is 7.15. The first-order valence-electron chi connectivity index (χ1n) is 14.0. The molecule has 220 valence electrons. The molecule has 0 amide bonds. The highest BCUT2D eigenvalue weighted by atomic mass is 16.5. The Kier molecular flexibility index (Phi) is 8.16. The van der Waals surface area contributed by atoms with Crippen molar-refractivity contribution in [1.29, 1.82) is 0 Å². The van der Waals surface area contributed by atoms with Gasteiger partial charge in [0.05, 0.1) is 59.8 Å². The number of nitrogens with one attached hydrogen (secondary N) is 1. The second kappa shape index (κ2) is 11.6. The van der Waals surface area contributed by atoms with Gasteiger partial charge in [0.1, 0.15) is 17.3 Å². The van der Waals surface area contributed by atoms with Gasteiger partial charge in [0.2, 0.25) is 11.8 Å². The normalized spacial score (nSPS) is 19.3. The van der Waals surface area contributed by atoms with Crippen LogP contribution in [-0.2, 0) is 24.9 Å². The molecule has 0 aromatic carbocycles. The van der Waals surface area contributed by atoms with Gasteiger partial charge in [-0.15, -0.1) is 5.10 Å². The number of ether oxygens (including phenoxy) is 3. The third-order valence-electron chi connectivity index (χ3n) is 7.82. The molecular weight excluding hydrogens is 524 g/mol. The maximum atomic E-state index is 10.0. The van der Waals surface area contributed by atoms with Crippen LogP contribution in [0.15, 0.2) is 6.07 Å². The van der Waals surface area contributed by atoms with Crippen LogP contribution in [0.2, 0.25) is 0 Å². The third kappa shape index (κ3) is 5.22. The monoisotopic (exact) mass is 564 g/mol. The second-order valence-corrected chi connectivity index (χ2v) is 10.7. The average molecular weight is 565 g/mol. The Morgan fingerprint density at radius 1 is 1.22 bits per heavy atom. The molecule has 0 saturated carbocycles. The van der Waals surface area contributed by atoms with Crippen LogP contribution < -0.4 is 9.47 Å². The zero-order valence-corrected chi connectivity index (χ0v) is 25.1. The second-order valence-electron chi connectivity index (χ2n) is 10.7. The zero-order valence-electron chi connectivity index (χ0n) is 25.1. The topological polar surface area (TPSA) is 128 Å². The highest BCUT2D eigenvalue weighted by Gasteiger charge is 2.29. The fraction of sp³-hybridized carbons (Fsp3) is 0.517. The summed E-state index contributed by atoms with van der Waals surface area (Å²) in [7, 11) is 5.59. The minimum atomic E-state index is -0.230. The molecular formula is C29H40N8O4. The lowest BCUT2D eigenvalue weighted by molar-refractivity contribution is 0.0914. The van der Waals surface area contributed by atoms with Gasteiger partial charge >= 0.3 is 0 Å². The maximum absolute atomic E-state index is 10.0. The number of hydrogen-bond acceptors (Lipinski definition) is 9. The van der Waals surface area contributed by atoms with Crippen molar-refractivity contribution in [3.05, 3.63) is 34.4 Å². The lowest BCUT2D eigenvalue weighted by Gasteiger charge is -2.31. The van der Waals surface area contributed by atoms with Crippen molar-refractivity contribution in [2.24, 2.45) is 7.05 Å². The average Bonchev–Trinajstić information content (AvgIpc) is 3.60. The number of nitrogens with zero attached hydrogens (tertiary/aromatic N) is 7.